The van der Waals surface area contributed by atoms with E-state index < -0.39 is 11.7 Å². The van der Waals surface area contributed by atoms with Crippen molar-refractivity contribution in [3.8, 4) is 0 Å². The largest absolute Gasteiger partial charge is 0.366 e. The first-order valence-electron chi connectivity index (χ1n) is 5.17. The molecule has 0 fully saturated rings. The Bertz CT molecular complexity index is 652. The number of amides is 1. The summed E-state index contributed by atoms with van der Waals surface area (Å²) in [5.41, 5.74) is 5.07. The van der Waals surface area contributed by atoms with Crippen molar-refractivity contribution in [2.75, 3.05) is 0 Å². The van der Waals surface area contributed by atoms with Crippen LogP contribution in [0.15, 0.2) is 41.5 Å². The number of nitrogens with zero attached hydrogens (tertiary/aromatic N) is 2. The summed E-state index contributed by atoms with van der Waals surface area (Å²) in [7, 11) is 0. The van der Waals surface area contributed by atoms with Crippen molar-refractivity contribution < 1.29 is 9.18 Å². The summed E-state index contributed by atoms with van der Waals surface area (Å²) in [6.45, 7) is -0.0490. The fourth-order valence-corrected chi connectivity index (χ4v) is 1.50. The highest BCUT2D eigenvalue weighted by molar-refractivity contribution is 5.92. The average molecular weight is 247 g/mol. The molecule has 18 heavy (non-hydrogen) atoms. The molecule has 2 heterocycles. The van der Waals surface area contributed by atoms with Crippen LogP contribution in [-0.4, -0.2) is 15.5 Å². The molecule has 0 aliphatic carbocycles. The van der Waals surface area contributed by atoms with Crippen LogP contribution >= 0.6 is 0 Å². The van der Waals surface area contributed by atoms with E-state index in [1.165, 1.54) is 41.2 Å². The van der Waals surface area contributed by atoms with E-state index in [0.29, 0.717) is 0 Å². The van der Waals surface area contributed by atoms with E-state index >= 15 is 0 Å². The summed E-state index contributed by atoms with van der Waals surface area (Å²) < 4.78 is 14.6. The van der Waals surface area contributed by atoms with E-state index in [1.54, 1.807) is 0 Å². The molecule has 0 aliphatic heterocycles. The maximum Gasteiger partial charge on any atom is 0.250 e. The summed E-state index contributed by atoms with van der Waals surface area (Å²) in [5, 5.41) is 0. The van der Waals surface area contributed by atoms with Crippen LogP contribution in [0.3, 0.4) is 0 Å². The molecule has 0 bridgehead atoms. The highest BCUT2D eigenvalue weighted by atomic mass is 19.1. The zero-order chi connectivity index (χ0) is 13.1. The van der Waals surface area contributed by atoms with Crippen LogP contribution in [0, 0.1) is 5.82 Å². The van der Waals surface area contributed by atoms with Gasteiger partial charge in [0.05, 0.1) is 17.8 Å². The summed E-state index contributed by atoms with van der Waals surface area (Å²) in [4.78, 5) is 26.4. The minimum absolute atomic E-state index is 0.0490. The molecule has 0 aromatic carbocycles. The zero-order valence-electron chi connectivity index (χ0n) is 9.34. The molecule has 0 unspecified atom stereocenters. The number of rotatable bonds is 3. The Morgan fingerprint density at radius 3 is 2.83 bits per heavy atom. The first kappa shape index (κ1) is 12.0. The van der Waals surface area contributed by atoms with Crippen LogP contribution in [0.1, 0.15) is 16.1 Å². The van der Waals surface area contributed by atoms with Gasteiger partial charge in [0.2, 0.25) is 5.91 Å². The van der Waals surface area contributed by atoms with Crippen LogP contribution in [0.2, 0.25) is 0 Å². The summed E-state index contributed by atoms with van der Waals surface area (Å²) in [5.74, 6) is -1.15. The van der Waals surface area contributed by atoms with Crippen molar-refractivity contribution in [2.24, 2.45) is 5.73 Å². The van der Waals surface area contributed by atoms with Gasteiger partial charge in [-0.05, 0) is 18.2 Å². The molecule has 0 atom stereocenters. The molecule has 0 aliphatic rings. The highest BCUT2D eigenvalue weighted by Crippen LogP contribution is 2.04. The van der Waals surface area contributed by atoms with Gasteiger partial charge in [0.1, 0.15) is 5.82 Å². The van der Waals surface area contributed by atoms with Crippen LogP contribution in [0.25, 0.3) is 0 Å². The van der Waals surface area contributed by atoms with Crippen molar-refractivity contribution in [1.82, 2.24) is 9.55 Å². The normalized spacial score (nSPS) is 10.3. The van der Waals surface area contributed by atoms with Gasteiger partial charge >= 0.3 is 0 Å². The molecular weight excluding hydrogens is 237 g/mol. The minimum Gasteiger partial charge on any atom is -0.366 e. The second-order valence-corrected chi connectivity index (χ2v) is 3.68. The molecule has 0 saturated heterocycles. The van der Waals surface area contributed by atoms with Gasteiger partial charge in [-0.1, -0.05) is 0 Å². The molecule has 0 spiro atoms. The Balaban J connectivity index is 2.40. The first-order valence-corrected chi connectivity index (χ1v) is 5.17. The molecule has 92 valence electrons. The predicted molar refractivity (Wildman–Crippen MR) is 62.5 cm³/mol. The molecule has 6 heteroatoms. The van der Waals surface area contributed by atoms with Gasteiger partial charge in [-0.3, -0.25) is 14.6 Å². The lowest BCUT2D eigenvalue weighted by molar-refractivity contribution is 0.0999. The molecule has 0 radical (unpaired) electrons. The third-order valence-corrected chi connectivity index (χ3v) is 2.42. The summed E-state index contributed by atoms with van der Waals surface area (Å²) in [6.07, 6.45) is 2.72. The molecular formula is C12H10FN3O2. The Labute approximate surface area is 102 Å². The molecule has 5 nitrogen and oxygen atoms in total. The second kappa shape index (κ2) is 4.79. The van der Waals surface area contributed by atoms with Crippen molar-refractivity contribution in [3.05, 3.63) is 64.1 Å². The number of carbonyl (C=O) groups is 1. The number of hydrogen-bond donors (Lipinski definition) is 1. The van der Waals surface area contributed by atoms with Crippen molar-refractivity contribution >= 4 is 5.91 Å². The van der Waals surface area contributed by atoms with Crippen molar-refractivity contribution in [1.29, 1.82) is 0 Å². The first-order chi connectivity index (χ1) is 8.58. The second-order valence-electron chi connectivity index (χ2n) is 3.68. The number of primary amides is 1. The highest BCUT2D eigenvalue weighted by Gasteiger charge is 2.07. The molecule has 2 aromatic rings. The molecule has 2 aromatic heterocycles. The Morgan fingerprint density at radius 2 is 2.17 bits per heavy atom. The van der Waals surface area contributed by atoms with Crippen LogP contribution in [0.5, 0.6) is 0 Å². The summed E-state index contributed by atoms with van der Waals surface area (Å²) >= 11 is 0. The standard InChI is InChI=1S/C12H10FN3O2/c13-9-2-1-5-15-10(9)7-16-6-8(12(14)18)3-4-11(16)17/h1-6H,7H2,(H2,14,18). The monoisotopic (exact) mass is 247 g/mol. The van der Waals surface area contributed by atoms with Gasteiger partial charge in [-0.2, -0.15) is 0 Å². The van der Waals surface area contributed by atoms with Gasteiger partial charge in [0.25, 0.3) is 5.56 Å². The lowest BCUT2D eigenvalue weighted by Crippen LogP contribution is -2.23. The number of pyridine rings is 2. The lowest BCUT2D eigenvalue weighted by Gasteiger charge is -2.06. The Morgan fingerprint density at radius 1 is 1.39 bits per heavy atom. The lowest BCUT2D eigenvalue weighted by atomic mass is 10.2. The van der Waals surface area contributed by atoms with Gasteiger partial charge in [-0.15, -0.1) is 0 Å². The number of nitrogens with two attached hydrogens (primary N) is 1. The van der Waals surface area contributed by atoms with Crippen molar-refractivity contribution in [3.63, 3.8) is 0 Å². The third-order valence-electron chi connectivity index (χ3n) is 2.42. The topological polar surface area (TPSA) is 78.0 Å². The summed E-state index contributed by atoms with van der Waals surface area (Å²) in [6, 6.07) is 5.25. The zero-order valence-corrected chi connectivity index (χ0v) is 9.34. The number of carbonyl (C=O) groups excluding carboxylic acids is 1. The van der Waals surface area contributed by atoms with Crippen LogP contribution in [-0.2, 0) is 6.54 Å². The Kier molecular flexibility index (Phi) is 3.18. The molecule has 1 amide bonds. The third kappa shape index (κ3) is 2.42. The van der Waals surface area contributed by atoms with E-state index in [-0.39, 0.29) is 23.4 Å². The van der Waals surface area contributed by atoms with E-state index in [1.807, 2.05) is 0 Å². The van der Waals surface area contributed by atoms with E-state index in [4.69, 9.17) is 5.73 Å². The van der Waals surface area contributed by atoms with Crippen molar-refractivity contribution in [2.45, 2.75) is 6.54 Å². The van der Waals surface area contributed by atoms with E-state index in [0.717, 1.165) is 0 Å². The van der Waals surface area contributed by atoms with E-state index in [9.17, 15) is 14.0 Å². The predicted octanol–water partition coefficient (Wildman–Crippen LogP) is 0.530. The molecule has 0 saturated carbocycles. The smallest absolute Gasteiger partial charge is 0.250 e. The molecule has 2 N–H and O–H groups in total. The van der Waals surface area contributed by atoms with Gasteiger partial charge in [0.15, 0.2) is 0 Å². The quantitative estimate of drug-likeness (QED) is 0.859. The number of hydrogen-bond acceptors (Lipinski definition) is 3. The van der Waals surface area contributed by atoms with E-state index in [2.05, 4.69) is 4.98 Å². The minimum atomic E-state index is -0.648. The van der Waals surface area contributed by atoms with Gasteiger partial charge in [0, 0.05) is 18.5 Å². The SMILES string of the molecule is NC(=O)c1ccc(=O)n(Cc2ncccc2F)c1. The fourth-order valence-electron chi connectivity index (χ4n) is 1.50. The van der Waals surface area contributed by atoms with Crippen LogP contribution in [0.4, 0.5) is 4.39 Å². The average Bonchev–Trinajstić information content (AvgIpc) is 2.34. The van der Waals surface area contributed by atoms with Crippen LogP contribution < -0.4 is 11.3 Å². The Hall–Kier alpha value is -2.50. The molecule has 2 rings (SSSR count). The van der Waals surface area contributed by atoms with Gasteiger partial charge in [-0.25, -0.2) is 4.39 Å². The number of aromatic nitrogens is 2. The fraction of sp³-hybridized carbons (Fsp3) is 0.0833. The maximum absolute atomic E-state index is 13.4. The van der Waals surface area contributed by atoms with Gasteiger partial charge < -0.3 is 10.3 Å². The number of halogens is 1. The maximum atomic E-state index is 13.4.